The molecule has 0 bridgehead atoms. The Hall–Kier alpha value is -1.07. The number of halogens is 1. The lowest BCUT2D eigenvalue weighted by molar-refractivity contribution is 0.0712. The maximum Gasteiger partial charge on any atom is 0.0845 e. The molecule has 1 fully saturated rings. The van der Waals surface area contributed by atoms with Crippen molar-refractivity contribution in [2.45, 2.75) is 38.3 Å². The third-order valence-electron chi connectivity index (χ3n) is 5.80. The number of hydrogen-bond donors (Lipinski definition) is 1. The van der Waals surface area contributed by atoms with Crippen molar-refractivity contribution in [3.63, 3.8) is 0 Å². The van der Waals surface area contributed by atoms with Crippen LogP contribution in [-0.4, -0.2) is 65.3 Å². The normalized spacial score (nSPS) is 20.8. The van der Waals surface area contributed by atoms with E-state index in [1.54, 1.807) is 0 Å². The number of fused-ring (bicyclic) bond motifs is 3. The van der Waals surface area contributed by atoms with Gasteiger partial charge in [-0.15, -0.1) is 0 Å². The Morgan fingerprint density at radius 2 is 1.84 bits per heavy atom. The summed E-state index contributed by atoms with van der Waals surface area (Å²) in [4.78, 5) is 4.73. The highest BCUT2D eigenvalue weighted by Gasteiger charge is 2.24. The monoisotopic (exact) mass is 361 g/mol. The van der Waals surface area contributed by atoms with E-state index in [1.807, 2.05) is 12.1 Å². The van der Waals surface area contributed by atoms with E-state index in [-0.39, 0.29) is 6.10 Å². The van der Waals surface area contributed by atoms with Crippen molar-refractivity contribution in [3.05, 3.63) is 34.5 Å². The number of nitrogens with zero attached hydrogens (tertiary/aromatic N) is 3. The van der Waals surface area contributed by atoms with E-state index in [0.29, 0.717) is 6.54 Å². The van der Waals surface area contributed by atoms with Crippen molar-refractivity contribution in [2.75, 3.05) is 39.8 Å². The number of aliphatic hydroxyl groups is 1. The average Bonchev–Trinajstić information content (AvgIpc) is 2.93. The molecule has 0 amide bonds. The van der Waals surface area contributed by atoms with Gasteiger partial charge in [-0.05, 0) is 44.4 Å². The molecule has 1 aromatic heterocycles. The fraction of sp³-hybridized carbons (Fsp3) is 0.600. The lowest BCUT2D eigenvalue weighted by Crippen LogP contribution is -2.47. The van der Waals surface area contributed by atoms with Gasteiger partial charge in [0, 0.05) is 43.8 Å². The third kappa shape index (κ3) is 3.45. The van der Waals surface area contributed by atoms with Crippen LogP contribution in [0.3, 0.4) is 0 Å². The molecule has 1 atom stereocenters. The van der Waals surface area contributed by atoms with Crippen LogP contribution in [0.4, 0.5) is 0 Å². The van der Waals surface area contributed by atoms with Gasteiger partial charge in [0.05, 0.1) is 23.2 Å². The van der Waals surface area contributed by atoms with Crippen molar-refractivity contribution < 1.29 is 5.11 Å². The fourth-order valence-electron chi connectivity index (χ4n) is 4.44. The van der Waals surface area contributed by atoms with Crippen LogP contribution in [0.1, 0.15) is 24.1 Å². The van der Waals surface area contributed by atoms with Crippen LogP contribution in [0.25, 0.3) is 10.9 Å². The van der Waals surface area contributed by atoms with Crippen molar-refractivity contribution in [1.29, 1.82) is 0 Å². The van der Waals surface area contributed by atoms with E-state index in [0.717, 1.165) is 56.1 Å². The Kier molecular flexibility index (Phi) is 5.05. The smallest absolute Gasteiger partial charge is 0.0845 e. The summed E-state index contributed by atoms with van der Waals surface area (Å²) in [6.45, 7) is 5.63. The number of aryl methyl sites for hydroxylation is 1. The second-order valence-corrected chi connectivity index (χ2v) is 8.04. The van der Waals surface area contributed by atoms with Gasteiger partial charge in [-0.2, -0.15) is 0 Å². The van der Waals surface area contributed by atoms with Gasteiger partial charge in [0.2, 0.25) is 0 Å². The quantitative estimate of drug-likeness (QED) is 0.908. The van der Waals surface area contributed by atoms with E-state index in [1.165, 1.54) is 29.5 Å². The van der Waals surface area contributed by atoms with Crippen molar-refractivity contribution in [2.24, 2.45) is 0 Å². The van der Waals surface area contributed by atoms with Gasteiger partial charge < -0.3 is 14.6 Å². The molecule has 0 spiro atoms. The molecule has 136 valence electrons. The van der Waals surface area contributed by atoms with Crippen LogP contribution in [0.15, 0.2) is 18.2 Å². The Morgan fingerprint density at radius 3 is 2.64 bits per heavy atom. The molecule has 1 unspecified atom stereocenters. The first kappa shape index (κ1) is 17.3. The van der Waals surface area contributed by atoms with Crippen molar-refractivity contribution in [1.82, 2.24) is 14.4 Å². The summed E-state index contributed by atoms with van der Waals surface area (Å²) in [5, 5.41) is 12.9. The number of likely N-dealkylation sites (N-methyl/N-ethyl adjacent to an activating group) is 1. The number of rotatable bonds is 4. The summed E-state index contributed by atoms with van der Waals surface area (Å²) in [6, 6.07) is 6.21. The molecule has 4 rings (SSSR count). The van der Waals surface area contributed by atoms with Gasteiger partial charge in [0.1, 0.15) is 0 Å². The number of para-hydroxylation sites is 1. The van der Waals surface area contributed by atoms with E-state index in [4.69, 9.17) is 11.6 Å². The summed E-state index contributed by atoms with van der Waals surface area (Å²) in [5.41, 5.74) is 3.97. The second-order valence-electron chi connectivity index (χ2n) is 7.64. The van der Waals surface area contributed by atoms with Crippen molar-refractivity contribution >= 4 is 22.5 Å². The number of aliphatic hydroxyl groups excluding tert-OH is 1. The van der Waals surface area contributed by atoms with Gasteiger partial charge in [0.15, 0.2) is 0 Å². The first-order valence-corrected chi connectivity index (χ1v) is 9.88. The molecule has 4 nitrogen and oxygen atoms in total. The zero-order valence-electron chi connectivity index (χ0n) is 15.0. The lowest BCUT2D eigenvalue weighted by atomic mass is 9.95. The Labute approximate surface area is 155 Å². The van der Waals surface area contributed by atoms with Crippen LogP contribution < -0.4 is 0 Å². The first-order chi connectivity index (χ1) is 12.1. The molecule has 25 heavy (non-hydrogen) atoms. The van der Waals surface area contributed by atoms with E-state index in [2.05, 4.69) is 27.5 Å². The second kappa shape index (κ2) is 7.28. The predicted octanol–water partition coefficient (Wildman–Crippen LogP) is 2.78. The number of β-amino-alcohol motifs (C(OH)–C–C–N with tert-alkyl or cyclic N) is 1. The van der Waals surface area contributed by atoms with Crippen molar-refractivity contribution in [3.8, 4) is 0 Å². The molecular formula is C20H28ClN3O. The summed E-state index contributed by atoms with van der Waals surface area (Å²) >= 11 is 6.55. The number of piperazine rings is 1. The highest BCUT2D eigenvalue weighted by molar-refractivity contribution is 6.35. The Balaban J connectivity index is 1.58. The molecule has 1 saturated heterocycles. The summed E-state index contributed by atoms with van der Waals surface area (Å²) in [5.74, 6) is 0. The standard InChI is InChI=1S/C20H28ClN3O/c1-22-9-11-23(12-10-22)13-15(25)14-24-19-8-3-2-5-16(19)17-6-4-7-18(21)20(17)24/h4,6-7,15,25H,2-3,5,8-14H2,1H3. The van der Waals surface area contributed by atoms with Crippen LogP contribution in [0, 0.1) is 0 Å². The van der Waals surface area contributed by atoms with E-state index >= 15 is 0 Å². The van der Waals surface area contributed by atoms with Crippen LogP contribution in [0.5, 0.6) is 0 Å². The lowest BCUT2D eigenvalue weighted by Gasteiger charge is -2.33. The van der Waals surface area contributed by atoms with E-state index < -0.39 is 0 Å². The zero-order chi connectivity index (χ0) is 17.4. The topological polar surface area (TPSA) is 31.6 Å². The maximum atomic E-state index is 10.8. The molecule has 0 radical (unpaired) electrons. The molecule has 5 heteroatoms. The Bertz CT molecular complexity index is 749. The SMILES string of the molecule is CN1CCN(CC(O)Cn2c3c(c4cccc(Cl)c42)CCCC3)CC1. The fourth-order valence-corrected chi connectivity index (χ4v) is 4.72. The van der Waals surface area contributed by atoms with Crippen LogP contribution in [0.2, 0.25) is 5.02 Å². The minimum atomic E-state index is -0.360. The largest absolute Gasteiger partial charge is 0.390 e. The predicted molar refractivity (Wildman–Crippen MR) is 104 cm³/mol. The minimum absolute atomic E-state index is 0.360. The van der Waals surface area contributed by atoms with Gasteiger partial charge >= 0.3 is 0 Å². The zero-order valence-corrected chi connectivity index (χ0v) is 15.8. The first-order valence-electron chi connectivity index (χ1n) is 9.51. The molecule has 1 N–H and O–H groups in total. The Morgan fingerprint density at radius 1 is 1.08 bits per heavy atom. The molecule has 1 aliphatic heterocycles. The molecule has 2 aromatic rings. The highest BCUT2D eigenvalue weighted by atomic mass is 35.5. The number of aromatic nitrogens is 1. The van der Waals surface area contributed by atoms with Crippen LogP contribution >= 0.6 is 11.6 Å². The van der Waals surface area contributed by atoms with Gasteiger partial charge in [-0.1, -0.05) is 23.7 Å². The summed E-state index contributed by atoms with van der Waals surface area (Å²) in [6.07, 6.45) is 4.36. The third-order valence-corrected chi connectivity index (χ3v) is 6.11. The molecule has 1 aliphatic carbocycles. The summed E-state index contributed by atoms with van der Waals surface area (Å²) in [7, 11) is 2.16. The van der Waals surface area contributed by atoms with Gasteiger partial charge in [-0.25, -0.2) is 0 Å². The van der Waals surface area contributed by atoms with Crippen LogP contribution in [-0.2, 0) is 19.4 Å². The average molecular weight is 362 g/mol. The molecular weight excluding hydrogens is 334 g/mol. The summed E-state index contributed by atoms with van der Waals surface area (Å²) < 4.78 is 2.31. The van der Waals surface area contributed by atoms with Gasteiger partial charge in [0.25, 0.3) is 0 Å². The number of hydrogen-bond acceptors (Lipinski definition) is 3. The molecule has 2 aliphatic rings. The molecule has 0 saturated carbocycles. The molecule has 2 heterocycles. The minimum Gasteiger partial charge on any atom is -0.390 e. The van der Waals surface area contributed by atoms with Gasteiger partial charge in [-0.3, -0.25) is 4.90 Å². The maximum absolute atomic E-state index is 10.8. The number of benzene rings is 1. The molecule has 1 aromatic carbocycles. The van der Waals surface area contributed by atoms with E-state index in [9.17, 15) is 5.11 Å². The highest BCUT2D eigenvalue weighted by Crippen LogP contribution is 2.35.